The lowest BCUT2D eigenvalue weighted by Crippen LogP contribution is -2.32. The molecule has 1 fully saturated rings. The summed E-state index contributed by atoms with van der Waals surface area (Å²) in [4.78, 5) is 24.3. The molecule has 104 valence electrons. The Morgan fingerprint density at radius 2 is 1.67 bits per heavy atom. The van der Waals surface area contributed by atoms with Gasteiger partial charge in [-0.2, -0.15) is 0 Å². The maximum absolute atomic E-state index is 11.7. The number of carbonyl (C=O) groups excluding carboxylic acids is 2. The van der Waals surface area contributed by atoms with E-state index in [2.05, 4.69) is 0 Å². The van der Waals surface area contributed by atoms with Crippen molar-refractivity contribution in [1.82, 2.24) is 4.90 Å². The van der Waals surface area contributed by atoms with Crippen molar-refractivity contribution in [3.8, 4) is 0 Å². The Bertz CT molecular complexity index is 258. The quantitative estimate of drug-likeness (QED) is 0.685. The average molecular weight is 255 g/mol. The molecule has 0 saturated carbocycles. The van der Waals surface area contributed by atoms with E-state index >= 15 is 0 Å². The van der Waals surface area contributed by atoms with E-state index in [9.17, 15) is 9.59 Å². The van der Waals surface area contributed by atoms with E-state index in [-0.39, 0.29) is 11.9 Å². The third-order valence-corrected chi connectivity index (χ3v) is 3.26. The number of unbranched alkanes of at least 4 members (excludes halogenated alkanes) is 2. The highest BCUT2D eigenvalue weighted by Crippen LogP contribution is 2.11. The minimum Gasteiger partial charge on any atom is -0.449 e. The van der Waals surface area contributed by atoms with Crippen LogP contribution in [0.2, 0.25) is 0 Å². The second kappa shape index (κ2) is 8.95. The first-order valence-corrected chi connectivity index (χ1v) is 7.11. The predicted octanol–water partition coefficient (Wildman–Crippen LogP) is 3.15. The fourth-order valence-corrected chi connectivity index (χ4v) is 2.16. The van der Waals surface area contributed by atoms with Gasteiger partial charge in [-0.05, 0) is 39.0 Å². The molecule has 0 spiro atoms. The lowest BCUT2D eigenvalue weighted by molar-refractivity contribution is -0.117. The molecule has 18 heavy (non-hydrogen) atoms. The zero-order chi connectivity index (χ0) is 13.2. The molecule has 1 heterocycles. The van der Waals surface area contributed by atoms with Crippen LogP contribution in [0.25, 0.3) is 0 Å². The molecule has 4 heteroatoms. The van der Waals surface area contributed by atoms with Crippen LogP contribution in [0.4, 0.5) is 4.79 Å². The SMILES string of the molecule is CC(=O)CCCCCOC(=O)N1CCCCCC1. The zero-order valence-electron chi connectivity index (χ0n) is 11.5. The van der Waals surface area contributed by atoms with Crippen molar-refractivity contribution >= 4 is 11.9 Å². The maximum Gasteiger partial charge on any atom is 0.409 e. The number of ketones is 1. The molecule has 0 aromatic heterocycles. The molecule has 0 aromatic rings. The van der Waals surface area contributed by atoms with Crippen molar-refractivity contribution in [3.05, 3.63) is 0 Å². The highest BCUT2D eigenvalue weighted by molar-refractivity contribution is 5.75. The number of amides is 1. The van der Waals surface area contributed by atoms with E-state index < -0.39 is 0 Å². The lowest BCUT2D eigenvalue weighted by Gasteiger charge is -2.19. The zero-order valence-corrected chi connectivity index (χ0v) is 11.5. The first-order chi connectivity index (χ1) is 8.70. The van der Waals surface area contributed by atoms with E-state index in [0.29, 0.717) is 13.0 Å². The van der Waals surface area contributed by atoms with Crippen LogP contribution >= 0.6 is 0 Å². The number of carbonyl (C=O) groups is 2. The van der Waals surface area contributed by atoms with Gasteiger partial charge in [-0.1, -0.05) is 12.8 Å². The summed E-state index contributed by atoms with van der Waals surface area (Å²) in [6.07, 6.45) is 7.80. The molecule has 0 bridgehead atoms. The standard InChI is InChI=1S/C14H25NO3/c1-13(16)9-5-4-8-12-18-14(17)15-10-6-2-3-7-11-15/h2-12H2,1H3. The topological polar surface area (TPSA) is 46.6 Å². The van der Waals surface area contributed by atoms with E-state index in [0.717, 1.165) is 45.2 Å². The van der Waals surface area contributed by atoms with Crippen molar-refractivity contribution in [1.29, 1.82) is 0 Å². The largest absolute Gasteiger partial charge is 0.449 e. The van der Waals surface area contributed by atoms with Gasteiger partial charge < -0.3 is 14.4 Å². The number of hydrogen-bond acceptors (Lipinski definition) is 3. The molecular weight excluding hydrogens is 230 g/mol. The Kier molecular flexibility index (Phi) is 7.46. The molecule has 1 aliphatic heterocycles. The Hall–Kier alpha value is -1.06. The number of likely N-dealkylation sites (tertiary alicyclic amines) is 1. The van der Waals surface area contributed by atoms with Crippen LogP contribution < -0.4 is 0 Å². The number of ether oxygens (including phenoxy) is 1. The third kappa shape index (κ3) is 6.62. The lowest BCUT2D eigenvalue weighted by atomic mass is 10.1. The number of Topliss-reactive ketones (excluding diaryl/α,β-unsaturated/α-hetero) is 1. The van der Waals surface area contributed by atoms with E-state index in [1.54, 1.807) is 6.92 Å². The number of hydrogen-bond donors (Lipinski definition) is 0. The van der Waals surface area contributed by atoms with Gasteiger partial charge in [0.2, 0.25) is 0 Å². The van der Waals surface area contributed by atoms with Crippen LogP contribution in [0, 0.1) is 0 Å². The minimum absolute atomic E-state index is 0.163. The van der Waals surface area contributed by atoms with Crippen molar-refractivity contribution < 1.29 is 14.3 Å². The molecule has 0 unspecified atom stereocenters. The molecule has 1 saturated heterocycles. The van der Waals surface area contributed by atoms with Gasteiger partial charge in [-0.15, -0.1) is 0 Å². The van der Waals surface area contributed by atoms with Crippen molar-refractivity contribution in [2.75, 3.05) is 19.7 Å². The van der Waals surface area contributed by atoms with Crippen molar-refractivity contribution in [2.45, 2.75) is 58.3 Å². The average Bonchev–Trinajstić information content (AvgIpc) is 2.61. The summed E-state index contributed by atoms with van der Waals surface area (Å²) in [5, 5.41) is 0. The van der Waals surface area contributed by atoms with Gasteiger partial charge in [0.05, 0.1) is 6.61 Å². The van der Waals surface area contributed by atoms with Gasteiger partial charge in [-0.25, -0.2) is 4.79 Å². The van der Waals surface area contributed by atoms with Crippen LogP contribution in [0.5, 0.6) is 0 Å². The smallest absolute Gasteiger partial charge is 0.409 e. The summed E-state index contributed by atoms with van der Waals surface area (Å²) in [6.45, 7) is 3.76. The maximum atomic E-state index is 11.7. The second-order valence-corrected chi connectivity index (χ2v) is 5.03. The summed E-state index contributed by atoms with van der Waals surface area (Å²) in [7, 11) is 0. The van der Waals surface area contributed by atoms with Crippen LogP contribution in [0.15, 0.2) is 0 Å². The van der Waals surface area contributed by atoms with E-state index in [1.165, 1.54) is 12.8 Å². The molecule has 0 radical (unpaired) electrons. The normalized spacial score (nSPS) is 16.2. The summed E-state index contributed by atoms with van der Waals surface area (Å²) < 4.78 is 5.25. The Morgan fingerprint density at radius 1 is 1.00 bits per heavy atom. The monoisotopic (exact) mass is 255 g/mol. The molecule has 1 amide bonds. The molecule has 0 N–H and O–H groups in total. The summed E-state index contributed by atoms with van der Waals surface area (Å²) in [5.41, 5.74) is 0. The van der Waals surface area contributed by atoms with Crippen LogP contribution in [-0.4, -0.2) is 36.5 Å². The van der Waals surface area contributed by atoms with Gasteiger partial charge in [0.1, 0.15) is 5.78 Å². The molecule has 0 aliphatic carbocycles. The summed E-state index contributed by atoms with van der Waals surface area (Å²) in [6, 6.07) is 0. The fourth-order valence-electron chi connectivity index (χ4n) is 2.16. The van der Waals surface area contributed by atoms with Gasteiger partial charge in [0, 0.05) is 19.5 Å². The van der Waals surface area contributed by atoms with Crippen LogP contribution in [0.3, 0.4) is 0 Å². The van der Waals surface area contributed by atoms with Gasteiger partial charge >= 0.3 is 6.09 Å². The summed E-state index contributed by atoms with van der Waals surface area (Å²) >= 11 is 0. The summed E-state index contributed by atoms with van der Waals surface area (Å²) in [5.74, 6) is 0.233. The van der Waals surface area contributed by atoms with Gasteiger partial charge in [0.15, 0.2) is 0 Å². The highest BCUT2D eigenvalue weighted by atomic mass is 16.6. The Balaban J connectivity index is 2.03. The van der Waals surface area contributed by atoms with Crippen LogP contribution in [0.1, 0.15) is 58.3 Å². The van der Waals surface area contributed by atoms with Crippen LogP contribution in [-0.2, 0) is 9.53 Å². The van der Waals surface area contributed by atoms with Crippen molar-refractivity contribution in [2.24, 2.45) is 0 Å². The first-order valence-electron chi connectivity index (χ1n) is 7.11. The van der Waals surface area contributed by atoms with E-state index in [4.69, 9.17) is 4.74 Å². The second-order valence-electron chi connectivity index (χ2n) is 5.03. The van der Waals surface area contributed by atoms with Gasteiger partial charge in [-0.3, -0.25) is 0 Å². The number of rotatable bonds is 6. The first kappa shape index (κ1) is 15.0. The molecular formula is C14H25NO3. The molecule has 1 aliphatic rings. The molecule has 0 aromatic carbocycles. The third-order valence-electron chi connectivity index (χ3n) is 3.26. The Morgan fingerprint density at radius 3 is 2.28 bits per heavy atom. The fraction of sp³-hybridized carbons (Fsp3) is 0.857. The minimum atomic E-state index is -0.163. The highest BCUT2D eigenvalue weighted by Gasteiger charge is 2.16. The number of nitrogens with zero attached hydrogens (tertiary/aromatic N) is 1. The molecule has 1 rings (SSSR count). The van der Waals surface area contributed by atoms with Crippen molar-refractivity contribution in [3.63, 3.8) is 0 Å². The molecule has 4 nitrogen and oxygen atoms in total. The van der Waals surface area contributed by atoms with E-state index in [1.807, 2.05) is 4.90 Å². The van der Waals surface area contributed by atoms with Gasteiger partial charge in [0.25, 0.3) is 0 Å². The predicted molar refractivity (Wildman–Crippen MR) is 70.5 cm³/mol. The Labute approximate surface area is 110 Å². The molecule has 0 atom stereocenters.